The highest BCUT2D eigenvalue weighted by molar-refractivity contribution is 5.86. The number of hydrogen-bond donors (Lipinski definition) is 2. The van der Waals surface area contributed by atoms with Crippen molar-refractivity contribution in [3.63, 3.8) is 0 Å². The number of rotatable bonds is 6. The molecule has 6 nitrogen and oxygen atoms in total. The van der Waals surface area contributed by atoms with E-state index in [0.717, 1.165) is 11.1 Å². The summed E-state index contributed by atoms with van der Waals surface area (Å²) in [5.74, 6) is -0.229. The Labute approximate surface area is 171 Å². The summed E-state index contributed by atoms with van der Waals surface area (Å²) in [7, 11) is 0. The maximum Gasteiger partial charge on any atom is 0.573 e. The van der Waals surface area contributed by atoms with E-state index in [1.807, 2.05) is 6.07 Å². The van der Waals surface area contributed by atoms with Gasteiger partial charge in [-0.3, -0.25) is 9.59 Å². The third-order valence-corrected chi connectivity index (χ3v) is 4.52. The Hall–Kier alpha value is -3.23. The van der Waals surface area contributed by atoms with Crippen molar-refractivity contribution < 1.29 is 32.2 Å². The van der Waals surface area contributed by atoms with Gasteiger partial charge < -0.3 is 20.1 Å². The van der Waals surface area contributed by atoms with Crippen LogP contribution in [0.3, 0.4) is 0 Å². The molecule has 1 heterocycles. The lowest BCUT2D eigenvalue weighted by Crippen LogP contribution is -2.46. The molecule has 0 fully saturated rings. The first-order chi connectivity index (χ1) is 14.1. The summed E-state index contributed by atoms with van der Waals surface area (Å²) in [6, 6.07) is 10.5. The number of carbonyl (C=O) groups is 2. The largest absolute Gasteiger partial charge is 0.573 e. The van der Waals surface area contributed by atoms with E-state index in [-0.39, 0.29) is 30.2 Å². The van der Waals surface area contributed by atoms with Crippen molar-refractivity contribution in [3.8, 4) is 22.6 Å². The summed E-state index contributed by atoms with van der Waals surface area (Å²) in [4.78, 5) is 23.0. The molecule has 0 saturated carbocycles. The van der Waals surface area contributed by atoms with E-state index in [2.05, 4.69) is 15.4 Å². The number of benzene rings is 2. The molecule has 1 aliphatic rings. The summed E-state index contributed by atoms with van der Waals surface area (Å²) in [5, 5.41) is 5.25. The number of amides is 2. The van der Waals surface area contributed by atoms with E-state index in [9.17, 15) is 22.8 Å². The maximum atomic E-state index is 12.5. The first-order valence-corrected chi connectivity index (χ1v) is 9.31. The number of ether oxygens (including phenoxy) is 2. The molecule has 0 aliphatic carbocycles. The molecule has 0 saturated heterocycles. The van der Waals surface area contributed by atoms with E-state index < -0.39 is 12.4 Å². The third kappa shape index (κ3) is 5.65. The molecule has 1 aliphatic heterocycles. The fourth-order valence-corrected chi connectivity index (χ4v) is 3.22. The van der Waals surface area contributed by atoms with Crippen molar-refractivity contribution in [2.75, 3.05) is 6.54 Å². The van der Waals surface area contributed by atoms with Gasteiger partial charge in [0, 0.05) is 13.3 Å². The van der Waals surface area contributed by atoms with Crippen molar-refractivity contribution in [2.45, 2.75) is 38.8 Å². The molecule has 9 heteroatoms. The number of carbonyl (C=O) groups excluding carboxylic acids is 2. The molecule has 2 aromatic carbocycles. The number of halogens is 3. The molecule has 3 rings (SSSR count). The predicted molar refractivity (Wildman–Crippen MR) is 103 cm³/mol. The van der Waals surface area contributed by atoms with E-state index >= 15 is 0 Å². The van der Waals surface area contributed by atoms with Gasteiger partial charge in [0.15, 0.2) is 0 Å². The Bertz CT molecular complexity index is 946. The van der Waals surface area contributed by atoms with Gasteiger partial charge in [-0.15, -0.1) is 13.2 Å². The van der Waals surface area contributed by atoms with Gasteiger partial charge in [0.1, 0.15) is 23.6 Å². The molecule has 0 spiro atoms. The molecule has 30 heavy (non-hydrogen) atoms. The van der Waals surface area contributed by atoms with Crippen LogP contribution in [-0.2, 0) is 16.0 Å². The highest BCUT2D eigenvalue weighted by Crippen LogP contribution is 2.34. The van der Waals surface area contributed by atoms with Crippen molar-refractivity contribution in [3.05, 3.63) is 48.0 Å². The van der Waals surface area contributed by atoms with Crippen LogP contribution in [0, 0.1) is 0 Å². The summed E-state index contributed by atoms with van der Waals surface area (Å²) in [5.41, 5.74) is 2.21. The van der Waals surface area contributed by atoms with Crippen LogP contribution >= 0.6 is 0 Å². The zero-order chi connectivity index (χ0) is 21.9. The first-order valence-electron chi connectivity index (χ1n) is 9.31. The molecule has 0 radical (unpaired) electrons. The second kappa shape index (κ2) is 8.64. The molecule has 0 bridgehead atoms. The van der Waals surface area contributed by atoms with Crippen LogP contribution in [0.15, 0.2) is 42.5 Å². The molecule has 160 valence electrons. The second-order valence-electron chi connectivity index (χ2n) is 7.01. The first kappa shape index (κ1) is 21.5. The number of fused-ring (bicyclic) bond motifs is 1. The summed E-state index contributed by atoms with van der Waals surface area (Å²) in [6.07, 6.45) is -4.49. The average Bonchev–Trinajstić information content (AvgIpc) is 3.06. The van der Waals surface area contributed by atoms with E-state index in [1.165, 1.54) is 25.1 Å². The van der Waals surface area contributed by atoms with Crippen molar-refractivity contribution in [1.82, 2.24) is 10.6 Å². The summed E-state index contributed by atoms with van der Waals surface area (Å²) in [6.45, 7) is 3.19. The van der Waals surface area contributed by atoms with Gasteiger partial charge in [0.2, 0.25) is 11.8 Å². The van der Waals surface area contributed by atoms with E-state index in [4.69, 9.17) is 4.74 Å². The van der Waals surface area contributed by atoms with Gasteiger partial charge >= 0.3 is 6.36 Å². The maximum absolute atomic E-state index is 12.5. The van der Waals surface area contributed by atoms with Crippen LogP contribution in [-0.4, -0.2) is 36.9 Å². The van der Waals surface area contributed by atoms with Crippen molar-refractivity contribution in [1.29, 1.82) is 0 Å². The topological polar surface area (TPSA) is 76.7 Å². The summed E-state index contributed by atoms with van der Waals surface area (Å²) >= 11 is 0. The van der Waals surface area contributed by atoms with Crippen LogP contribution in [0.1, 0.15) is 19.4 Å². The van der Waals surface area contributed by atoms with Crippen LogP contribution in [0.4, 0.5) is 13.2 Å². The smallest absolute Gasteiger partial charge is 0.488 e. The van der Waals surface area contributed by atoms with Gasteiger partial charge in [-0.1, -0.05) is 18.2 Å². The van der Waals surface area contributed by atoms with Gasteiger partial charge in [-0.2, -0.15) is 0 Å². The highest BCUT2D eigenvalue weighted by atomic mass is 19.4. The van der Waals surface area contributed by atoms with Crippen molar-refractivity contribution >= 4 is 11.8 Å². The molecule has 0 aromatic heterocycles. The van der Waals surface area contributed by atoms with Gasteiger partial charge in [-0.05, 0) is 47.9 Å². The molecular weight excluding hydrogens is 401 g/mol. The molecule has 1 unspecified atom stereocenters. The normalized spacial score (nSPS) is 16.2. The zero-order valence-corrected chi connectivity index (χ0v) is 16.4. The van der Waals surface area contributed by atoms with Gasteiger partial charge in [0.25, 0.3) is 0 Å². The van der Waals surface area contributed by atoms with Crippen LogP contribution in [0.2, 0.25) is 0 Å². The standard InChI is InChI=1S/C21H21F3N2O4/c1-12(26-13(2)27)20(28)25-11-18-10-16-8-15(6-7-19(16)29-18)14-4-3-5-17(9-14)30-21(22,23)24/h3-9,12,18H,10-11H2,1-2H3,(H,25,28)(H,26,27)/t12-,18?/m0/s1. The number of hydrogen-bond acceptors (Lipinski definition) is 4. The molecular formula is C21H21F3N2O4. The fourth-order valence-electron chi connectivity index (χ4n) is 3.22. The highest BCUT2D eigenvalue weighted by Gasteiger charge is 2.31. The van der Waals surface area contributed by atoms with Gasteiger partial charge in [0.05, 0.1) is 6.54 Å². The monoisotopic (exact) mass is 422 g/mol. The van der Waals surface area contributed by atoms with Crippen molar-refractivity contribution in [2.24, 2.45) is 0 Å². The lowest BCUT2D eigenvalue weighted by molar-refractivity contribution is -0.274. The Morgan fingerprint density at radius 2 is 1.93 bits per heavy atom. The average molecular weight is 422 g/mol. The molecule has 2 N–H and O–H groups in total. The van der Waals surface area contributed by atoms with Crippen LogP contribution in [0.25, 0.3) is 11.1 Å². The third-order valence-electron chi connectivity index (χ3n) is 4.52. The Morgan fingerprint density at radius 1 is 1.20 bits per heavy atom. The minimum atomic E-state index is -4.75. The van der Waals surface area contributed by atoms with E-state index in [1.54, 1.807) is 25.1 Å². The number of nitrogens with one attached hydrogen (secondary N) is 2. The lowest BCUT2D eigenvalue weighted by atomic mass is 10.0. The van der Waals surface area contributed by atoms with E-state index in [0.29, 0.717) is 17.7 Å². The fraction of sp³-hybridized carbons (Fsp3) is 0.333. The van der Waals surface area contributed by atoms with Crippen LogP contribution < -0.4 is 20.1 Å². The lowest BCUT2D eigenvalue weighted by Gasteiger charge is -2.15. The molecule has 2 atom stereocenters. The Balaban J connectivity index is 1.63. The minimum Gasteiger partial charge on any atom is -0.488 e. The molecule has 2 amide bonds. The van der Waals surface area contributed by atoms with Crippen LogP contribution in [0.5, 0.6) is 11.5 Å². The molecule has 2 aromatic rings. The van der Waals surface area contributed by atoms with Gasteiger partial charge in [-0.25, -0.2) is 0 Å². The minimum absolute atomic E-state index is 0.266. The Kier molecular flexibility index (Phi) is 6.19. The quantitative estimate of drug-likeness (QED) is 0.750. The summed E-state index contributed by atoms with van der Waals surface area (Å²) < 4.78 is 47.2. The zero-order valence-electron chi connectivity index (χ0n) is 16.4. The second-order valence-corrected chi connectivity index (χ2v) is 7.01. The number of alkyl halides is 3. The SMILES string of the molecule is CC(=O)N[C@@H](C)C(=O)NCC1Cc2cc(-c3cccc(OC(F)(F)F)c3)ccc2O1. The predicted octanol–water partition coefficient (Wildman–Crippen LogP) is 3.20. The Morgan fingerprint density at radius 3 is 2.63 bits per heavy atom.